The number of nitrogens with two attached hydrogens (primary N) is 5. The second-order valence-electron chi connectivity index (χ2n) is 36.2. The number of nitrogens with one attached hydrogen (secondary N) is 24. The summed E-state index contributed by atoms with van der Waals surface area (Å²) in [6.07, 6.45) is 3.58. The number of carbonyl (C=O) groups excluding carboxylic acids is 20. The number of hydrogen-bond donors (Lipinski definition) is 29. The largest absolute Gasteiger partial charge is 0.370 e. The van der Waals surface area contributed by atoms with E-state index < -0.39 is 235 Å². The zero-order chi connectivity index (χ0) is 102. The van der Waals surface area contributed by atoms with Gasteiger partial charge in [0.25, 0.3) is 0 Å². The lowest BCUT2D eigenvalue weighted by molar-refractivity contribution is -0.136. The average Bonchev–Trinajstić information content (AvgIpc) is 1.71. The quantitative estimate of drug-likeness (QED) is 0.0233. The zero-order valence-corrected chi connectivity index (χ0v) is 81.1. The van der Waals surface area contributed by atoms with Crippen molar-refractivity contribution in [2.24, 2.45) is 46.4 Å². The Morgan fingerprint density at radius 3 is 1.55 bits per heavy atom. The molecule has 20 amide bonds. The summed E-state index contributed by atoms with van der Waals surface area (Å²) < 4.78 is 0. The van der Waals surface area contributed by atoms with Gasteiger partial charge in [0.1, 0.15) is 78.2 Å². The summed E-state index contributed by atoms with van der Waals surface area (Å²) >= 11 is 1.43. The Labute approximate surface area is 810 Å². The van der Waals surface area contributed by atoms with Gasteiger partial charge >= 0.3 is 0 Å². The van der Waals surface area contributed by atoms with Crippen LogP contribution in [0.1, 0.15) is 162 Å². The van der Waals surface area contributed by atoms with Gasteiger partial charge in [0, 0.05) is 140 Å². The van der Waals surface area contributed by atoms with Crippen molar-refractivity contribution in [3.8, 4) is 0 Å². The average molecular weight is 1970 g/mol. The van der Waals surface area contributed by atoms with Gasteiger partial charge in [-0.2, -0.15) is 11.8 Å². The minimum Gasteiger partial charge on any atom is -0.370 e. The lowest BCUT2D eigenvalue weighted by atomic mass is 10.0. The third kappa shape index (κ3) is 42.0. The van der Waals surface area contributed by atoms with Crippen molar-refractivity contribution in [2.75, 3.05) is 97.1 Å². The first-order valence-corrected chi connectivity index (χ1v) is 48.4. The van der Waals surface area contributed by atoms with Crippen LogP contribution in [-0.2, 0) is 109 Å². The monoisotopic (exact) mass is 1970 g/mol. The summed E-state index contributed by atoms with van der Waals surface area (Å²) in [4.78, 5) is 282. The van der Waals surface area contributed by atoms with Gasteiger partial charge in [-0.25, -0.2) is 4.98 Å². The van der Waals surface area contributed by atoms with Gasteiger partial charge in [0.2, 0.25) is 118 Å². The number of thioether (sulfide) groups is 1. The van der Waals surface area contributed by atoms with E-state index in [1.807, 2.05) is 20.1 Å². The van der Waals surface area contributed by atoms with E-state index in [-0.39, 0.29) is 120 Å². The van der Waals surface area contributed by atoms with Gasteiger partial charge in [-0.05, 0) is 113 Å². The Morgan fingerprint density at radius 2 is 0.986 bits per heavy atom. The van der Waals surface area contributed by atoms with E-state index in [1.54, 1.807) is 58.2 Å². The molecule has 0 aliphatic carbocycles. The van der Waals surface area contributed by atoms with E-state index in [9.17, 15) is 95.9 Å². The Bertz CT molecular complexity index is 4660. The van der Waals surface area contributed by atoms with Crippen LogP contribution in [0.5, 0.6) is 0 Å². The summed E-state index contributed by atoms with van der Waals surface area (Å²) in [5.74, 6) is -17.9. The highest BCUT2D eigenvalue weighted by molar-refractivity contribution is 7.98. The van der Waals surface area contributed by atoms with E-state index in [0.717, 1.165) is 0 Å². The highest BCUT2D eigenvalue weighted by atomic mass is 32.2. The Morgan fingerprint density at radius 1 is 0.475 bits per heavy atom. The van der Waals surface area contributed by atoms with Crippen molar-refractivity contribution in [3.05, 3.63) is 54.2 Å². The van der Waals surface area contributed by atoms with Crippen molar-refractivity contribution >= 4 is 141 Å². The standard InChI is InChI=1S/C88H144N30O20S/c1-48(2)34-61(114-78(130)57(111-80(132)59(19-22-66(89)119)112-79(131)58-21-24-70(123)107-58)16-11-12-26-99-69(122)17-13-18-71(124)118-88-45-96-29-27-94-43-87(93,104-31-32-105-88)44-95-28-30-97-46-88)77(129)101-41-72(125)109-65(38-68(91)121)85(137)113-60(20-23-67(90)120)81(133)116-63(36-52-39-100-55-15-10-9-14-54(52)55)82(134)106-51(7)76(128)117-74(50(5)6)86(138)102-42-73(126)108-64(37-53-40-98-47-103-53)84(136)115-62(35-49(3)4)83(135)110-56(75(92)127)25-33-139-8/h9-10,14-15,39-40,47-51,56-65,74,94-97,100,104-105H,11-13,16-38,41-46,93H2,1-8H3,(H2,89,119)(H2,90,120)(H2,91,121)(H2,92,127)(H,98,103)(H,99,122)(H,101,129)(H,102,138)(H,106,134)(H,107,123)(H,108,126)(H,109,125)(H,110,135)(H,111,132)(H,112,131)(H,113,137)(H,114,130)(H,115,136)(H,116,133)(H,117,128)(H,118,124)/t51-,56-,57-,58-,59-,60-,61-,62-,63-,64-,65-,74-,87-,88-/m0/s1. The molecule has 50 nitrogen and oxygen atoms in total. The number of amides is 20. The first kappa shape index (κ1) is 115. The number of rotatable bonds is 57. The van der Waals surface area contributed by atoms with Crippen molar-refractivity contribution in [1.29, 1.82) is 0 Å². The number of fused-ring (bicyclic) bond motifs is 6. The third-order valence-corrected chi connectivity index (χ3v) is 23.6. The first-order valence-electron chi connectivity index (χ1n) is 47.0. The Balaban J connectivity index is 1.11. The molecule has 0 saturated carbocycles. The van der Waals surface area contributed by atoms with Crippen LogP contribution in [0.2, 0.25) is 0 Å². The number of para-hydroxylation sites is 1. The van der Waals surface area contributed by atoms with Gasteiger partial charge in [0.05, 0.1) is 37.2 Å². The van der Waals surface area contributed by atoms with E-state index >= 15 is 0 Å². The van der Waals surface area contributed by atoms with Gasteiger partial charge < -0.3 is 145 Å². The van der Waals surface area contributed by atoms with Crippen LogP contribution in [0.4, 0.5) is 0 Å². The smallest absolute Gasteiger partial charge is 0.243 e. The van der Waals surface area contributed by atoms with Crippen molar-refractivity contribution in [3.63, 3.8) is 0 Å². The molecule has 6 rings (SSSR count). The third-order valence-electron chi connectivity index (χ3n) is 23.0. The molecular weight excluding hydrogens is 1830 g/mol. The lowest BCUT2D eigenvalue weighted by Crippen LogP contribution is -2.72. The molecule has 139 heavy (non-hydrogen) atoms. The molecule has 5 heterocycles. The second-order valence-corrected chi connectivity index (χ2v) is 37.2. The van der Waals surface area contributed by atoms with Crippen LogP contribution < -0.4 is 146 Å². The molecule has 0 radical (unpaired) electrons. The first-order chi connectivity index (χ1) is 65.9. The fraction of sp³-hybridized carbons (Fsp3) is 0.648. The number of benzene rings is 1. The van der Waals surface area contributed by atoms with Crippen LogP contribution in [0.3, 0.4) is 0 Å². The molecule has 34 N–H and O–H groups in total. The van der Waals surface area contributed by atoms with Crippen molar-refractivity contribution in [2.45, 2.75) is 248 Å². The highest BCUT2D eigenvalue weighted by Gasteiger charge is 2.40. The second kappa shape index (κ2) is 59.0. The molecule has 3 saturated heterocycles. The van der Waals surface area contributed by atoms with Gasteiger partial charge in [-0.1, -0.05) is 59.7 Å². The number of aromatic nitrogens is 3. The molecule has 12 atom stereocenters. The fourth-order valence-electron chi connectivity index (χ4n) is 15.5. The molecule has 51 heteroatoms. The normalized spacial score (nSPS) is 18.6. The molecule has 0 spiro atoms. The van der Waals surface area contributed by atoms with E-state index in [4.69, 9.17) is 28.7 Å². The van der Waals surface area contributed by atoms with Crippen LogP contribution in [0.25, 0.3) is 10.9 Å². The maximum atomic E-state index is 14.7. The summed E-state index contributed by atoms with van der Waals surface area (Å²) in [5, 5.41) is 62.4. The lowest BCUT2D eigenvalue weighted by Gasteiger charge is -2.39. The summed E-state index contributed by atoms with van der Waals surface area (Å²) in [7, 11) is 0. The number of primary amides is 4. The molecule has 3 aliphatic rings. The molecule has 3 fully saturated rings. The fourth-order valence-corrected chi connectivity index (χ4v) is 15.9. The highest BCUT2D eigenvalue weighted by Crippen LogP contribution is 2.21. The number of aromatic amines is 2. The summed E-state index contributed by atoms with van der Waals surface area (Å²) in [6.45, 7) is 15.0. The molecule has 3 aromatic rings. The summed E-state index contributed by atoms with van der Waals surface area (Å²) in [5.41, 5.74) is 28.7. The van der Waals surface area contributed by atoms with Gasteiger partial charge in [0.15, 0.2) is 0 Å². The van der Waals surface area contributed by atoms with Crippen molar-refractivity contribution in [1.82, 2.24) is 132 Å². The molecule has 2 bridgehead atoms. The maximum Gasteiger partial charge on any atom is 0.243 e. The minimum atomic E-state index is -1.92. The van der Waals surface area contributed by atoms with Crippen LogP contribution in [0, 0.1) is 17.8 Å². The predicted molar refractivity (Wildman–Crippen MR) is 511 cm³/mol. The zero-order valence-electron chi connectivity index (χ0n) is 80.2. The molecule has 1 aromatic carbocycles. The number of hydrogen-bond acceptors (Lipinski definition) is 29. The van der Waals surface area contributed by atoms with E-state index in [1.165, 1.54) is 31.2 Å². The minimum absolute atomic E-state index is 0.00774. The maximum absolute atomic E-state index is 14.7. The number of unbranched alkanes of at least 4 members (excludes halogenated alkanes) is 1. The molecule has 0 unspecified atom stereocenters. The Kier molecular flexibility index (Phi) is 48.9. The number of imidazole rings is 1. The number of carbonyl (C=O) groups is 20. The van der Waals surface area contributed by atoms with E-state index in [2.05, 4.69) is 132 Å². The topological polar surface area (TPSA) is 781 Å². The number of nitrogens with zero attached hydrogens (tertiary/aromatic N) is 1. The van der Waals surface area contributed by atoms with E-state index in [0.29, 0.717) is 93.4 Å². The SMILES string of the molecule is CSCC[C@H](NC(=O)[C@H](CC(C)C)NC(=O)[C@H](Cc1c[nH]cn1)NC(=O)CNC(=O)[C@@H](NC(=O)[C@H](C)NC(=O)[C@H](Cc1c[nH]c2ccccc12)NC(=O)[C@H](CCC(N)=O)NC(=O)[C@H](CC(N)=O)NC(=O)CNC(=O)[C@H](CC(C)C)NC(=O)[C@H](CCCCNC(=O)CCCC(=O)N[C@]12CNCCNC[C@](N)(CNCCNC1)NCCN2)NC(=O)[C@H](CCC(N)=O)NC(=O)[C@@H]1CCC(=O)N1)C(C)C)C(N)=O. The van der Waals surface area contributed by atoms with Crippen LogP contribution in [0.15, 0.2) is 43.0 Å². The summed E-state index contributed by atoms with van der Waals surface area (Å²) in [6, 6.07) is -10.4. The van der Waals surface area contributed by atoms with Gasteiger partial charge in [-0.3, -0.25) is 107 Å². The number of H-pyrrole nitrogens is 2. The van der Waals surface area contributed by atoms with Crippen LogP contribution in [-0.4, -0.2) is 314 Å². The molecule has 2 aromatic heterocycles. The van der Waals surface area contributed by atoms with Crippen LogP contribution >= 0.6 is 11.8 Å². The molecular formula is C88H144N30O20S. The molecule has 772 valence electrons. The van der Waals surface area contributed by atoms with Crippen molar-refractivity contribution < 1.29 is 95.9 Å². The Hall–Kier alpha value is -12.6. The van der Waals surface area contributed by atoms with Gasteiger partial charge in [-0.15, -0.1) is 0 Å². The predicted octanol–water partition coefficient (Wildman–Crippen LogP) is -9.58. The molecule has 3 aliphatic heterocycles.